The van der Waals surface area contributed by atoms with Crippen LogP contribution in [0.1, 0.15) is 54.3 Å². The summed E-state index contributed by atoms with van der Waals surface area (Å²) in [5.41, 5.74) is 2.96. The van der Waals surface area contributed by atoms with Crippen LogP contribution in [-0.4, -0.2) is 44.3 Å². The third-order valence-corrected chi connectivity index (χ3v) is 5.39. The van der Waals surface area contributed by atoms with E-state index in [4.69, 9.17) is 9.47 Å². The van der Waals surface area contributed by atoms with Gasteiger partial charge in [-0.3, -0.25) is 9.79 Å². The van der Waals surface area contributed by atoms with Crippen LogP contribution in [0.25, 0.3) is 0 Å². The van der Waals surface area contributed by atoms with Gasteiger partial charge in [0, 0.05) is 35.3 Å². The molecule has 0 fully saturated rings. The van der Waals surface area contributed by atoms with Gasteiger partial charge in [0.25, 0.3) is 6.43 Å². The maximum atomic E-state index is 13.6. The van der Waals surface area contributed by atoms with Crippen molar-refractivity contribution in [2.75, 3.05) is 27.3 Å². The fourth-order valence-corrected chi connectivity index (χ4v) is 3.47. The van der Waals surface area contributed by atoms with Gasteiger partial charge in [-0.25, -0.2) is 13.8 Å². The number of halogens is 2. The van der Waals surface area contributed by atoms with Crippen LogP contribution in [-0.2, 0) is 4.79 Å². The van der Waals surface area contributed by atoms with Gasteiger partial charge in [0.15, 0.2) is 6.29 Å². The van der Waals surface area contributed by atoms with Crippen molar-refractivity contribution in [1.29, 1.82) is 0 Å². The summed E-state index contributed by atoms with van der Waals surface area (Å²) in [6, 6.07) is 18.8. The Kier molecular flexibility index (Phi) is 11.7. The topological polar surface area (TPSA) is 72.8 Å². The second-order valence-electron chi connectivity index (χ2n) is 7.76. The summed E-state index contributed by atoms with van der Waals surface area (Å²) in [4.78, 5) is 19.0. The van der Waals surface area contributed by atoms with Crippen molar-refractivity contribution in [3.05, 3.63) is 88.6 Å². The van der Waals surface area contributed by atoms with Crippen LogP contribution in [0.15, 0.2) is 65.7 Å². The normalized spacial score (nSPS) is 11.9. The molecule has 1 heterocycles. The molecule has 1 N–H and O–H groups in total. The van der Waals surface area contributed by atoms with Gasteiger partial charge in [-0.1, -0.05) is 42.5 Å². The largest absolute Gasteiger partial charge is 0.497 e. The Hall–Kier alpha value is -3.65. The number of rotatable bonds is 10. The van der Waals surface area contributed by atoms with Gasteiger partial charge in [-0.2, -0.15) is 0 Å². The number of aliphatic imine (C=N–C) groups is 1. The van der Waals surface area contributed by atoms with Gasteiger partial charge in [-0.05, 0) is 45.5 Å². The van der Waals surface area contributed by atoms with E-state index in [0.717, 1.165) is 11.3 Å². The molecule has 0 aliphatic heterocycles. The molecule has 0 aliphatic rings. The average molecular weight is 498 g/mol. The van der Waals surface area contributed by atoms with Crippen molar-refractivity contribution in [1.82, 2.24) is 10.3 Å². The number of carbonyl (C=O) groups excluding carboxylic acids is 1. The fourth-order valence-electron chi connectivity index (χ4n) is 3.47. The Bertz CT molecular complexity index is 1120. The van der Waals surface area contributed by atoms with Gasteiger partial charge < -0.3 is 14.8 Å². The number of nitrogens with zero attached hydrogens (tertiary/aromatic N) is 2. The van der Waals surface area contributed by atoms with Crippen LogP contribution in [0.5, 0.6) is 11.6 Å². The molecule has 3 rings (SSSR count). The molecule has 3 aromatic rings. The molecular formula is C28H33F2N3O3. The van der Waals surface area contributed by atoms with E-state index in [0.29, 0.717) is 35.8 Å². The Labute approximate surface area is 211 Å². The van der Waals surface area contributed by atoms with E-state index in [9.17, 15) is 13.6 Å². The lowest BCUT2D eigenvalue weighted by atomic mass is 9.96. The predicted molar refractivity (Wildman–Crippen MR) is 139 cm³/mol. The Morgan fingerprint density at radius 2 is 1.81 bits per heavy atom. The highest BCUT2D eigenvalue weighted by Crippen LogP contribution is 2.30. The minimum atomic E-state index is -2.72. The molecule has 6 nitrogen and oxygen atoms in total. The highest BCUT2D eigenvalue weighted by atomic mass is 19.3. The van der Waals surface area contributed by atoms with Gasteiger partial charge >= 0.3 is 0 Å². The van der Waals surface area contributed by atoms with Gasteiger partial charge in [0.1, 0.15) is 12.4 Å². The number of aldehydes is 1. The molecular weight excluding hydrogens is 464 g/mol. The lowest BCUT2D eigenvalue weighted by Crippen LogP contribution is -2.13. The number of hydrogen-bond donors (Lipinski definition) is 1. The van der Waals surface area contributed by atoms with Crippen molar-refractivity contribution in [2.45, 2.75) is 33.2 Å². The summed E-state index contributed by atoms with van der Waals surface area (Å²) in [7, 11) is 3.63. The number of methoxy groups -OCH3 is 1. The fraction of sp³-hybridized carbons (Fsp3) is 0.321. The Balaban J connectivity index is 0.000000319. The highest BCUT2D eigenvalue weighted by molar-refractivity contribution is 6.14. The summed E-state index contributed by atoms with van der Waals surface area (Å²) >= 11 is 0. The maximum Gasteiger partial charge on any atom is 0.264 e. The zero-order valence-corrected chi connectivity index (χ0v) is 21.3. The number of hydrogen-bond acceptors (Lipinski definition) is 6. The van der Waals surface area contributed by atoms with Crippen molar-refractivity contribution < 1.29 is 23.0 Å². The average Bonchev–Trinajstić information content (AvgIpc) is 2.91. The van der Waals surface area contributed by atoms with E-state index in [-0.39, 0.29) is 18.1 Å². The molecule has 1 aromatic heterocycles. The van der Waals surface area contributed by atoms with Crippen LogP contribution < -0.4 is 14.8 Å². The first-order valence-corrected chi connectivity index (χ1v) is 11.6. The van der Waals surface area contributed by atoms with Crippen LogP contribution >= 0.6 is 0 Å². The molecule has 0 amide bonds. The number of pyridine rings is 1. The number of nitrogens with one attached hydrogen (secondary N) is 1. The molecule has 0 radical (unpaired) electrons. The molecule has 0 spiro atoms. The highest BCUT2D eigenvalue weighted by Gasteiger charge is 2.22. The summed E-state index contributed by atoms with van der Waals surface area (Å²) in [5, 5.41) is 3.18. The van der Waals surface area contributed by atoms with E-state index in [2.05, 4.69) is 34.3 Å². The van der Waals surface area contributed by atoms with E-state index in [1.807, 2.05) is 56.4 Å². The Morgan fingerprint density at radius 1 is 1.14 bits per heavy atom. The van der Waals surface area contributed by atoms with Crippen molar-refractivity contribution in [3.63, 3.8) is 0 Å². The SMILES string of the molecule is CCN=C(c1ccccc1)c1c(C(F)F)cc(OCC=O)nc1C.CN[C@@H](C)c1ccc(OC)cc1. The molecule has 0 saturated heterocycles. The van der Waals surface area contributed by atoms with E-state index >= 15 is 0 Å². The number of carbonyl (C=O) groups is 1. The zero-order chi connectivity index (χ0) is 26.5. The van der Waals surface area contributed by atoms with Crippen LogP contribution in [0, 0.1) is 6.92 Å². The van der Waals surface area contributed by atoms with E-state index < -0.39 is 6.43 Å². The van der Waals surface area contributed by atoms with Crippen LogP contribution in [0.4, 0.5) is 8.78 Å². The molecule has 2 aromatic carbocycles. The lowest BCUT2D eigenvalue weighted by Gasteiger charge is -2.16. The second kappa shape index (κ2) is 14.7. The van der Waals surface area contributed by atoms with Gasteiger partial charge in [0.2, 0.25) is 5.88 Å². The van der Waals surface area contributed by atoms with E-state index in [1.54, 1.807) is 14.0 Å². The first-order valence-electron chi connectivity index (χ1n) is 11.6. The molecule has 0 aliphatic carbocycles. The monoisotopic (exact) mass is 497 g/mol. The summed E-state index contributed by atoms with van der Waals surface area (Å²) in [6.07, 6.45) is -2.17. The molecule has 192 valence electrons. The predicted octanol–water partition coefficient (Wildman–Crippen LogP) is 5.74. The lowest BCUT2D eigenvalue weighted by molar-refractivity contribution is -0.109. The van der Waals surface area contributed by atoms with Gasteiger partial charge in [-0.15, -0.1) is 0 Å². The number of alkyl halides is 2. The minimum absolute atomic E-state index is 0.00237. The van der Waals surface area contributed by atoms with Crippen molar-refractivity contribution in [2.24, 2.45) is 4.99 Å². The standard InChI is InChI=1S/C18H18F2N2O2.C10H15NO/c1-3-21-17(13-7-5-4-6-8-13)16-12(2)22-15(24-10-9-23)11-14(16)18(19)20;1-8(11-2)9-4-6-10(12-3)7-5-9/h4-9,11,18H,3,10H2,1-2H3;4-8,11H,1-3H3/t;8-/m.0/s1. The summed E-state index contributed by atoms with van der Waals surface area (Å²) in [6.45, 7) is 5.82. The number of aromatic nitrogens is 1. The smallest absolute Gasteiger partial charge is 0.264 e. The van der Waals surface area contributed by atoms with E-state index in [1.165, 1.54) is 11.6 Å². The molecule has 8 heteroatoms. The van der Waals surface area contributed by atoms with Crippen LogP contribution in [0.3, 0.4) is 0 Å². The first kappa shape index (κ1) is 28.6. The maximum absolute atomic E-state index is 13.6. The zero-order valence-electron chi connectivity index (χ0n) is 21.3. The van der Waals surface area contributed by atoms with Crippen LogP contribution in [0.2, 0.25) is 0 Å². The third kappa shape index (κ3) is 7.95. The first-order chi connectivity index (χ1) is 17.4. The second-order valence-corrected chi connectivity index (χ2v) is 7.76. The van der Waals surface area contributed by atoms with Crippen molar-refractivity contribution in [3.8, 4) is 11.6 Å². The Morgan fingerprint density at radius 3 is 2.33 bits per heavy atom. The third-order valence-electron chi connectivity index (χ3n) is 5.39. The molecule has 0 unspecified atom stereocenters. The summed E-state index contributed by atoms with van der Waals surface area (Å²) < 4.78 is 37.4. The quantitative estimate of drug-likeness (QED) is 0.286. The molecule has 0 bridgehead atoms. The molecule has 36 heavy (non-hydrogen) atoms. The van der Waals surface area contributed by atoms with Gasteiger partial charge in [0.05, 0.1) is 18.5 Å². The number of ether oxygens (including phenoxy) is 2. The number of aryl methyl sites for hydroxylation is 1. The minimum Gasteiger partial charge on any atom is -0.497 e. The number of benzene rings is 2. The summed E-state index contributed by atoms with van der Waals surface area (Å²) in [5.74, 6) is 0.907. The molecule has 1 atom stereocenters. The molecule has 0 saturated carbocycles. The van der Waals surface area contributed by atoms with Crippen molar-refractivity contribution >= 4 is 12.0 Å².